The number of thioether (sulfide) groups is 1. The van der Waals surface area contributed by atoms with Crippen molar-refractivity contribution >= 4 is 29.3 Å². The van der Waals surface area contributed by atoms with Gasteiger partial charge < -0.3 is 10.2 Å². The second-order valence-electron chi connectivity index (χ2n) is 7.16. The maximum Gasteiger partial charge on any atom is 0.227 e. The van der Waals surface area contributed by atoms with Crippen LogP contribution < -0.4 is 10.2 Å². The number of nitrogens with zero attached hydrogens (tertiary/aromatic N) is 1. The summed E-state index contributed by atoms with van der Waals surface area (Å²) >= 11 is 1.81. The van der Waals surface area contributed by atoms with Crippen LogP contribution in [-0.2, 0) is 9.59 Å². The maximum absolute atomic E-state index is 12.7. The van der Waals surface area contributed by atoms with E-state index in [4.69, 9.17) is 0 Å². The normalized spacial score (nSPS) is 21.3. The lowest BCUT2D eigenvalue weighted by Gasteiger charge is -2.32. The molecule has 1 heterocycles. The molecule has 1 aromatic carbocycles. The summed E-state index contributed by atoms with van der Waals surface area (Å²) in [6.45, 7) is 2.85. The van der Waals surface area contributed by atoms with E-state index in [1.807, 2.05) is 34.9 Å². The van der Waals surface area contributed by atoms with Crippen molar-refractivity contribution in [3.8, 4) is 0 Å². The summed E-state index contributed by atoms with van der Waals surface area (Å²) in [4.78, 5) is 27.9. The third kappa shape index (κ3) is 5.00. The predicted octanol–water partition coefficient (Wildman–Crippen LogP) is 4.13. The van der Waals surface area contributed by atoms with Crippen LogP contribution in [0.25, 0.3) is 0 Å². The monoisotopic (exact) mass is 360 g/mol. The van der Waals surface area contributed by atoms with E-state index in [1.54, 1.807) is 0 Å². The van der Waals surface area contributed by atoms with Crippen molar-refractivity contribution in [2.45, 2.75) is 74.5 Å². The highest BCUT2D eigenvalue weighted by atomic mass is 32.2. The second-order valence-corrected chi connectivity index (χ2v) is 8.64. The molecule has 25 heavy (non-hydrogen) atoms. The third-order valence-corrected chi connectivity index (χ3v) is 6.16. The largest absolute Gasteiger partial charge is 0.353 e. The fraction of sp³-hybridized carbons (Fsp3) is 0.600. The number of fused-ring (bicyclic) bond motifs is 1. The molecule has 1 aromatic rings. The number of amides is 2. The molecule has 2 amide bonds. The van der Waals surface area contributed by atoms with E-state index in [1.165, 1.54) is 25.7 Å². The average Bonchev–Trinajstić information content (AvgIpc) is 2.87. The molecule has 1 fully saturated rings. The van der Waals surface area contributed by atoms with Gasteiger partial charge in [0.2, 0.25) is 11.8 Å². The lowest BCUT2D eigenvalue weighted by molar-refractivity contribution is -0.125. The zero-order chi connectivity index (χ0) is 17.6. The number of benzene rings is 1. The van der Waals surface area contributed by atoms with Gasteiger partial charge in [0.15, 0.2) is 0 Å². The molecule has 1 saturated carbocycles. The van der Waals surface area contributed by atoms with E-state index < -0.39 is 0 Å². The topological polar surface area (TPSA) is 49.4 Å². The van der Waals surface area contributed by atoms with Crippen LogP contribution in [0.5, 0.6) is 0 Å². The van der Waals surface area contributed by atoms with Gasteiger partial charge >= 0.3 is 0 Å². The van der Waals surface area contributed by atoms with Crippen LogP contribution in [0.1, 0.15) is 58.3 Å². The molecule has 0 unspecified atom stereocenters. The molecule has 0 spiro atoms. The summed E-state index contributed by atoms with van der Waals surface area (Å²) in [6, 6.07) is 8.34. The summed E-state index contributed by atoms with van der Waals surface area (Å²) in [5.74, 6) is 0.0728. The van der Waals surface area contributed by atoms with E-state index in [9.17, 15) is 9.59 Å². The Balaban J connectivity index is 1.53. The van der Waals surface area contributed by atoms with Crippen molar-refractivity contribution in [1.82, 2.24) is 5.32 Å². The minimum absolute atomic E-state index is 0.0213. The van der Waals surface area contributed by atoms with Crippen molar-refractivity contribution < 1.29 is 9.59 Å². The summed E-state index contributed by atoms with van der Waals surface area (Å²) in [5.41, 5.74) is 0.986. The van der Waals surface area contributed by atoms with E-state index >= 15 is 0 Å². The van der Waals surface area contributed by atoms with Crippen molar-refractivity contribution in [2.75, 3.05) is 11.4 Å². The minimum Gasteiger partial charge on any atom is -0.353 e. The highest BCUT2D eigenvalue weighted by Crippen LogP contribution is 2.38. The Labute approximate surface area is 154 Å². The van der Waals surface area contributed by atoms with Crippen molar-refractivity contribution in [1.29, 1.82) is 0 Å². The van der Waals surface area contributed by atoms with Crippen molar-refractivity contribution in [3.63, 3.8) is 0 Å². The molecule has 0 bridgehead atoms. The first kappa shape index (κ1) is 18.3. The van der Waals surface area contributed by atoms with Gasteiger partial charge in [0, 0.05) is 35.6 Å². The molecule has 1 N–H and O–H groups in total. The third-order valence-electron chi connectivity index (χ3n) is 5.01. The summed E-state index contributed by atoms with van der Waals surface area (Å²) in [6.07, 6.45) is 7.67. The quantitative estimate of drug-likeness (QED) is 0.821. The fourth-order valence-corrected chi connectivity index (χ4v) is 4.82. The van der Waals surface area contributed by atoms with E-state index in [0.717, 1.165) is 23.4 Å². The molecule has 1 aliphatic carbocycles. The van der Waals surface area contributed by atoms with Crippen molar-refractivity contribution in [3.05, 3.63) is 24.3 Å². The maximum atomic E-state index is 12.7. The highest BCUT2D eigenvalue weighted by Gasteiger charge is 2.27. The van der Waals surface area contributed by atoms with E-state index in [0.29, 0.717) is 17.8 Å². The molecular formula is C20H28N2O2S. The molecule has 1 aliphatic heterocycles. The van der Waals surface area contributed by atoms with Crippen molar-refractivity contribution in [2.24, 2.45) is 0 Å². The molecular weight excluding hydrogens is 332 g/mol. The molecule has 1 atom stereocenters. The average molecular weight is 361 g/mol. The van der Waals surface area contributed by atoms with Crippen LogP contribution in [0.15, 0.2) is 29.2 Å². The standard InChI is InChI=1S/C20H28N2O2S/c1-15-14-22(17-10-6-7-11-18(17)25-15)20(24)13-12-19(23)21-16-8-4-2-3-5-9-16/h6-7,10-11,15-16H,2-5,8-9,12-14H2,1H3,(H,21,23)/t15-/m1/s1. The number of para-hydroxylation sites is 1. The van der Waals surface area contributed by atoms with Crippen LogP contribution in [0.3, 0.4) is 0 Å². The molecule has 5 heteroatoms. The number of nitrogens with one attached hydrogen (secondary N) is 1. The van der Waals surface area contributed by atoms with Gasteiger partial charge in [0.05, 0.1) is 5.69 Å². The summed E-state index contributed by atoms with van der Waals surface area (Å²) < 4.78 is 0. The molecule has 136 valence electrons. The smallest absolute Gasteiger partial charge is 0.227 e. The van der Waals surface area contributed by atoms with Gasteiger partial charge in [-0.2, -0.15) is 0 Å². The Bertz CT molecular complexity index is 611. The predicted molar refractivity (Wildman–Crippen MR) is 103 cm³/mol. The lowest BCUT2D eigenvalue weighted by Crippen LogP contribution is -2.40. The second kappa shape index (κ2) is 8.75. The molecule has 0 aromatic heterocycles. The Morgan fingerprint density at radius 3 is 2.60 bits per heavy atom. The van der Waals surface area contributed by atoms with Gasteiger partial charge in [0.1, 0.15) is 0 Å². The first-order valence-corrected chi connectivity index (χ1v) is 10.4. The van der Waals surface area contributed by atoms with Gasteiger partial charge in [-0.25, -0.2) is 0 Å². The van der Waals surface area contributed by atoms with Gasteiger partial charge in [-0.1, -0.05) is 44.7 Å². The number of hydrogen-bond acceptors (Lipinski definition) is 3. The van der Waals surface area contributed by atoms with Crippen LogP contribution >= 0.6 is 11.8 Å². The highest BCUT2D eigenvalue weighted by molar-refractivity contribution is 8.00. The lowest BCUT2D eigenvalue weighted by atomic mass is 10.1. The van der Waals surface area contributed by atoms with Gasteiger partial charge in [-0.3, -0.25) is 9.59 Å². The Hall–Kier alpha value is -1.49. The molecule has 2 aliphatic rings. The summed E-state index contributed by atoms with van der Waals surface area (Å²) in [5, 5.41) is 3.51. The number of carbonyl (C=O) groups is 2. The molecule has 0 radical (unpaired) electrons. The molecule has 3 rings (SSSR count). The fourth-order valence-electron chi connectivity index (χ4n) is 3.70. The van der Waals surface area contributed by atoms with E-state index in [-0.39, 0.29) is 24.7 Å². The molecule has 4 nitrogen and oxygen atoms in total. The summed E-state index contributed by atoms with van der Waals surface area (Å²) in [7, 11) is 0. The zero-order valence-electron chi connectivity index (χ0n) is 15.0. The molecule has 0 saturated heterocycles. The van der Waals surface area contributed by atoms with E-state index in [2.05, 4.69) is 18.3 Å². The zero-order valence-corrected chi connectivity index (χ0v) is 15.8. The Morgan fingerprint density at radius 1 is 1.12 bits per heavy atom. The Kier molecular flexibility index (Phi) is 6.40. The number of carbonyl (C=O) groups excluding carboxylic acids is 2. The van der Waals surface area contributed by atoms with Gasteiger partial charge in [-0.15, -0.1) is 11.8 Å². The first-order chi connectivity index (χ1) is 12.1. The van der Waals surface area contributed by atoms with Gasteiger partial charge in [0.25, 0.3) is 0 Å². The van der Waals surface area contributed by atoms with Crippen LogP contribution in [0, 0.1) is 0 Å². The number of hydrogen-bond donors (Lipinski definition) is 1. The minimum atomic E-state index is 0.0213. The van der Waals surface area contributed by atoms with Crippen LogP contribution in [0.2, 0.25) is 0 Å². The number of rotatable bonds is 4. The first-order valence-electron chi connectivity index (χ1n) is 9.49. The SMILES string of the molecule is C[C@@H]1CN(C(=O)CCC(=O)NC2CCCCCC2)c2ccccc2S1. The van der Waals surface area contributed by atoms with Crippen LogP contribution in [0.4, 0.5) is 5.69 Å². The Morgan fingerprint density at radius 2 is 1.84 bits per heavy atom. The van der Waals surface area contributed by atoms with Crippen LogP contribution in [-0.4, -0.2) is 29.7 Å². The van der Waals surface area contributed by atoms with Gasteiger partial charge in [-0.05, 0) is 25.0 Å². The number of anilines is 1.